The first-order valence-corrected chi connectivity index (χ1v) is 12.8. The lowest BCUT2D eigenvalue weighted by molar-refractivity contribution is -0.154. The highest BCUT2D eigenvalue weighted by Crippen LogP contribution is 2.66. The number of carbonyl (C=O) groups excluding carboxylic acids is 2. The predicted molar refractivity (Wildman–Crippen MR) is 130 cm³/mol. The van der Waals surface area contributed by atoms with Crippen molar-refractivity contribution in [1.82, 2.24) is 4.98 Å². The lowest BCUT2D eigenvalue weighted by Gasteiger charge is -2.57. The Morgan fingerprint density at radius 1 is 1.00 bits per heavy atom. The van der Waals surface area contributed by atoms with Crippen LogP contribution in [0.4, 0.5) is 0 Å². The van der Waals surface area contributed by atoms with Crippen molar-refractivity contribution in [1.29, 1.82) is 0 Å². The SMILES string of the molecule is CC(=O)O[C@H]1CC[C@@]2(C)C(=CC[C@H]3[C@@H]4CC(=Cc5ccncc5)[C@H](OC(C)=O)[C@@]4(C)CC[C@@H]32)C1. The first-order chi connectivity index (χ1) is 16.2. The highest BCUT2D eigenvalue weighted by Gasteiger charge is 2.61. The van der Waals surface area contributed by atoms with Gasteiger partial charge in [-0.25, -0.2) is 0 Å². The van der Waals surface area contributed by atoms with Gasteiger partial charge in [-0.15, -0.1) is 0 Å². The summed E-state index contributed by atoms with van der Waals surface area (Å²) in [5, 5.41) is 0. The highest BCUT2D eigenvalue weighted by atomic mass is 16.5. The molecule has 0 aliphatic heterocycles. The van der Waals surface area contributed by atoms with E-state index in [1.165, 1.54) is 25.0 Å². The molecule has 3 saturated carbocycles. The molecule has 3 fully saturated rings. The average molecular weight is 464 g/mol. The summed E-state index contributed by atoms with van der Waals surface area (Å²) in [4.78, 5) is 27.8. The number of rotatable bonds is 3. The van der Waals surface area contributed by atoms with Crippen LogP contribution in [-0.2, 0) is 19.1 Å². The quantitative estimate of drug-likeness (QED) is 0.412. The summed E-state index contributed by atoms with van der Waals surface area (Å²) >= 11 is 0. The lowest BCUT2D eigenvalue weighted by atomic mass is 9.48. The van der Waals surface area contributed by atoms with Gasteiger partial charge in [-0.2, -0.15) is 0 Å². The van der Waals surface area contributed by atoms with E-state index in [0.717, 1.165) is 50.5 Å². The molecule has 0 radical (unpaired) electrons. The number of esters is 2. The Hall–Kier alpha value is -2.43. The Balaban J connectivity index is 1.46. The first kappa shape index (κ1) is 23.3. The summed E-state index contributed by atoms with van der Waals surface area (Å²) in [5.74, 6) is 1.33. The summed E-state index contributed by atoms with van der Waals surface area (Å²) in [7, 11) is 0. The van der Waals surface area contributed by atoms with Crippen molar-refractivity contribution in [3.8, 4) is 0 Å². The Morgan fingerprint density at radius 2 is 1.74 bits per heavy atom. The third kappa shape index (κ3) is 3.91. The van der Waals surface area contributed by atoms with Crippen LogP contribution in [0.1, 0.15) is 78.2 Å². The zero-order valence-corrected chi connectivity index (χ0v) is 20.9. The summed E-state index contributed by atoms with van der Waals surface area (Å²) < 4.78 is 11.6. The van der Waals surface area contributed by atoms with E-state index in [4.69, 9.17) is 9.47 Å². The monoisotopic (exact) mass is 463 g/mol. The number of nitrogens with zero attached hydrogens (tertiary/aromatic N) is 1. The Bertz CT molecular complexity index is 1030. The minimum atomic E-state index is -0.198. The molecule has 0 saturated heterocycles. The fourth-order valence-corrected chi connectivity index (χ4v) is 7.99. The molecule has 5 heteroatoms. The molecule has 0 N–H and O–H groups in total. The lowest BCUT2D eigenvalue weighted by Crippen LogP contribution is -2.51. The van der Waals surface area contributed by atoms with E-state index in [9.17, 15) is 9.59 Å². The molecule has 0 spiro atoms. The van der Waals surface area contributed by atoms with Crippen LogP contribution in [-0.4, -0.2) is 29.1 Å². The van der Waals surface area contributed by atoms with E-state index >= 15 is 0 Å². The second-order valence-electron chi connectivity index (χ2n) is 11.5. The fraction of sp³-hybridized carbons (Fsp3) is 0.621. The van der Waals surface area contributed by atoms with Gasteiger partial charge in [0.1, 0.15) is 12.2 Å². The zero-order valence-electron chi connectivity index (χ0n) is 20.9. The number of allylic oxidation sites excluding steroid dienone is 1. The van der Waals surface area contributed by atoms with Gasteiger partial charge >= 0.3 is 11.9 Å². The molecule has 1 aromatic heterocycles. The van der Waals surface area contributed by atoms with E-state index in [1.54, 1.807) is 0 Å². The molecule has 4 aliphatic rings. The van der Waals surface area contributed by atoms with Crippen LogP contribution in [0.15, 0.2) is 41.7 Å². The average Bonchev–Trinajstić information content (AvgIpc) is 3.05. The number of hydrogen-bond donors (Lipinski definition) is 0. The van der Waals surface area contributed by atoms with E-state index in [-0.39, 0.29) is 35.0 Å². The van der Waals surface area contributed by atoms with Crippen molar-refractivity contribution >= 4 is 18.0 Å². The van der Waals surface area contributed by atoms with Gasteiger partial charge in [0, 0.05) is 38.1 Å². The molecule has 4 aliphatic carbocycles. The maximum Gasteiger partial charge on any atom is 0.303 e. The number of pyridine rings is 1. The molecule has 0 unspecified atom stereocenters. The Morgan fingerprint density at radius 3 is 2.44 bits per heavy atom. The summed E-state index contributed by atoms with van der Waals surface area (Å²) in [6.45, 7) is 7.85. The third-order valence-electron chi connectivity index (χ3n) is 9.56. The topological polar surface area (TPSA) is 65.5 Å². The smallest absolute Gasteiger partial charge is 0.303 e. The molecule has 1 aromatic rings. The predicted octanol–water partition coefficient (Wildman–Crippen LogP) is 5.90. The minimum absolute atomic E-state index is 0.0250. The van der Waals surface area contributed by atoms with Crippen LogP contribution in [0.2, 0.25) is 0 Å². The molecule has 5 rings (SSSR count). The Kier molecular flexibility index (Phi) is 5.94. The second-order valence-corrected chi connectivity index (χ2v) is 11.5. The fourth-order valence-electron chi connectivity index (χ4n) is 7.99. The molecule has 34 heavy (non-hydrogen) atoms. The number of hydrogen-bond acceptors (Lipinski definition) is 5. The van der Waals surface area contributed by atoms with Gasteiger partial charge in [0.05, 0.1) is 0 Å². The molecule has 0 bridgehead atoms. The van der Waals surface area contributed by atoms with Crippen LogP contribution in [0.25, 0.3) is 6.08 Å². The molecule has 7 atom stereocenters. The number of aromatic nitrogens is 1. The normalized spacial score (nSPS) is 39.9. The third-order valence-corrected chi connectivity index (χ3v) is 9.56. The van der Waals surface area contributed by atoms with Crippen molar-refractivity contribution < 1.29 is 19.1 Å². The molecular weight excluding hydrogens is 426 g/mol. The molecule has 1 heterocycles. The van der Waals surface area contributed by atoms with Gasteiger partial charge in [-0.05, 0) is 85.0 Å². The van der Waals surface area contributed by atoms with E-state index in [0.29, 0.717) is 17.8 Å². The highest BCUT2D eigenvalue weighted by molar-refractivity contribution is 5.68. The standard InChI is InChI=1S/C29H37NO4/c1-18(31)33-23-7-11-28(3)22(17-23)5-6-24-25(28)8-12-29(4)26(24)16-21(27(29)34-19(2)32)15-20-9-13-30-14-10-20/h5,9-10,13-15,23-27H,6-8,11-12,16-17H2,1-4H3/t23-,24+,25-,26-,27-,28-,29-/m0/s1. The molecule has 0 amide bonds. The van der Waals surface area contributed by atoms with Gasteiger partial charge in [0.15, 0.2) is 0 Å². The van der Waals surface area contributed by atoms with Crippen LogP contribution < -0.4 is 0 Å². The first-order valence-electron chi connectivity index (χ1n) is 12.8. The Labute approximate surface area is 203 Å². The van der Waals surface area contributed by atoms with Gasteiger partial charge in [0.2, 0.25) is 0 Å². The maximum absolute atomic E-state index is 12.1. The number of fused-ring (bicyclic) bond motifs is 5. The van der Waals surface area contributed by atoms with Crippen molar-refractivity contribution in [2.24, 2.45) is 28.6 Å². The number of carbonyl (C=O) groups is 2. The van der Waals surface area contributed by atoms with Gasteiger partial charge < -0.3 is 9.47 Å². The van der Waals surface area contributed by atoms with E-state index in [2.05, 4.69) is 31.0 Å². The summed E-state index contributed by atoms with van der Waals surface area (Å²) in [6.07, 6.45) is 15.4. The van der Waals surface area contributed by atoms with Crippen molar-refractivity contribution in [2.45, 2.75) is 84.8 Å². The number of ether oxygens (including phenoxy) is 2. The minimum Gasteiger partial charge on any atom is -0.462 e. The van der Waals surface area contributed by atoms with Crippen LogP contribution in [0.5, 0.6) is 0 Å². The molecule has 0 aromatic carbocycles. The largest absolute Gasteiger partial charge is 0.462 e. The van der Waals surface area contributed by atoms with Crippen molar-refractivity contribution in [3.05, 3.63) is 47.3 Å². The van der Waals surface area contributed by atoms with E-state index < -0.39 is 0 Å². The second kappa shape index (κ2) is 8.66. The molecule has 5 nitrogen and oxygen atoms in total. The summed E-state index contributed by atoms with van der Waals surface area (Å²) in [6, 6.07) is 4.03. The van der Waals surface area contributed by atoms with Crippen LogP contribution in [0, 0.1) is 28.6 Å². The van der Waals surface area contributed by atoms with Gasteiger partial charge in [-0.3, -0.25) is 14.6 Å². The molecular formula is C29H37NO4. The zero-order chi connectivity index (χ0) is 24.1. The van der Waals surface area contributed by atoms with Gasteiger partial charge in [-0.1, -0.05) is 31.6 Å². The van der Waals surface area contributed by atoms with Crippen molar-refractivity contribution in [3.63, 3.8) is 0 Å². The summed E-state index contributed by atoms with van der Waals surface area (Å²) in [5.41, 5.74) is 3.99. The van der Waals surface area contributed by atoms with Crippen LogP contribution >= 0.6 is 0 Å². The van der Waals surface area contributed by atoms with Crippen LogP contribution in [0.3, 0.4) is 0 Å². The van der Waals surface area contributed by atoms with Gasteiger partial charge in [0.25, 0.3) is 0 Å². The maximum atomic E-state index is 12.1. The van der Waals surface area contributed by atoms with E-state index in [1.807, 2.05) is 24.5 Å². The van der Waals surface area contributed by atoms with Crippen molar-refractivity contribution in [2.75, 3.05) is 0 Å². The molecule has 182 valence electrons.